The number of amides is 2. The zero-order chi connectivity index (χ0) is 20.5. The van der Waals surface area contributed by atoms with Gasteiger partial charge in [0.25, 0.3) is 0 Å². The Morgan fingerprint density at radius 3 is 2.07 bits per heavy atom. The summed E-state index contributed by atoms with van der Waals surface area (Å²) in [6.07, 6.45) is 4.09. The van der Waals surface area contributed by atoms with Crippen LogP contribution in [-0.2, 0) is 16.1 Å². The summed E-state index contributed by atoms with van der Waals surface area (Å²) in [5, 5.41) is 6.05. The van der Waals surface area contributed by atoms with Crippen molar-refractivity contribution < 1.29 is 19.1 Å². The number of hydrogen-bond donors (Lipinski definition) is 2. The van der Waals surface area contributed by atoms with Gasteiger partial charge in [0.2, 0.25) is 11.8 Å². The molecule has 0 aliphatic heterocycles. The maximum Gasteiger partial charge on any atom is 0.223 e. The Kier molecular flexibility index (Phi) is 8.61. The summed E-state index contributed by atoms with van der Waals surface area (Å²) in [6, 6.07) is 5.63. The van der Waals surface area contributed by atoms with Crippen LogP contribution in [0.15, 0.2) is 18.2 Å². The van der Waals surface area contributed by atoms with E-state index in [0.29, 0.717) is 24.0 Å². The molecule has 1 saturated carbocycles. The smallest absolute Gasteiger partial charge is 0.223 e. The molecule has 0 spiro atoms. The zero-order valence-corrected chi connectivity index (χ0v) is 17.5. The molecule has 0 unspecified atom stereocenters. The highest BCUT2D eigenvalue weighted by molar-refractivity contribution is 5.81. The lowest BCUT2D eigenvalue weighted by Gasteiger charge is -2.27. The number of benzene rings is 1. The van der Waals surface area contributed by atoms with E-state index in [1.807, 2.05) is 18.2 Å². The summed E-state index contributed by atoms with van der Waals surface area (Å²) < 4.78 is 10.5. The van der Waals surface area contributed by atoms with Crippen molar-refractivity contribution in [1.82, 2.24) is 10.6 Å². The fourth-order valence-electron chi connectivity index (χ4n) is 3.57. The molecule has 28 heavy (non-hydrogen) atoms. The summed E-state index contributed by atoms with van der Waals surface area (Å²) in [6.45, 7) is 5.49. The van der Waals surface area contributed by atoms with Crippen LogP contribution < -0.4 is 20.1 Å². The van der Waals surface area contributed by atoms with Crippen LogP contribution in [0.25, 0.3) is 0 Å². The molecule has 156 valence electrons. The highest BCUT2D eigenvalue weighted by Crippen LogP contribution is 2.30. The lowest BCUT2D eigenvalue weighted by atomic mass is 9.81. The van der Waals surface area contributed by atoms with Crippen LogP contribution in [0.3, 0.4) is 0 Å². The molecule has 6 heteroatoms. The summed E-state index contributed by atoms with van der Waals surface area (Å²) in [5.74, 6) is 2.14. The van der Waals surface area contributed by atoms with E-state index in [4.69, 9.17) is 9.47 Å². The number of carbonyl (C=O) groups is 2. The van der Waals surface area contributed by atoms with E-state index in [2.05, 4.69) is 24.5 Å². The number of hydrogen-bond acceptors (Lipinski definition) is 4. The third-order valence-corrected chi connectivity index (χ3v) is 5.40. The maximum absolute atomic E-state index is 12.5. The molecule has 0 heterocycles. The molecule has 2 N–H and O–H groups in total. The minimum atomic E-state index is -0.0140. The molecule has 0 radical (unpaired) electrons. The Morgan fingerprint density at radius 1 is 0.964 bits per heavy atom. The normalized spacial score (nSPS) is 19.2. The second-order valence-corrected chi connectivity index (χ2v) is 7.93. The van der Waals surface area contributed by atoms with Crippen LogP contribution in [0.5, 0.6) is 11.5 Å². The Labute approximate surface area is 168 Å². The van der Waals surface area contributed by atoms with E-state index in [1.54, 1.807) is 14.2 Å². The average molecular weight is 391 g/mol. The molecule has 2 amide bonds. The molecule has 1 aliphatic rings. The molecule has 1 aromatic rings. The van der Waals surface area contributed by atoms with E-state index >= 15 is 0 Å². The molecular formula is C22H34N2O4. The Balaban J connectivity index is 1.75. The van der Waals surface area contributed by atoms with Crippen LogP contribution in [0, 0.1) is 17.8 Å². The van der Waals surface area contributed by atoms with E-state index < -0.39 is 0 Å². The number of methoxy groups -OCH3 is 2. The van der Waals surface area contributed by atoms with Crippen molar-refractivity contribution in [2.45, 2.75) is 52.5 Å². The van der Waals surface area contributed by atoms with Gasteiger partial charge in [-0.05, 0) is 55.7 Å². The largest absolute Gasteiger partial charge is 0.493 e. The monoisotopic (exact) mass is 390 g/mol. The van der Waals surface area contributed by atoms with Gasteiger partial charge in [0.05, 0.1) is 14.2 Å². The van der Waals surface area contributed by atoms with Gasteiger partial charge >= 0.3 is 0 Å². The molecular weight excluding hydrogens is 356 g/mol. The Bertz CT molecular complexity index is 652. The summed E-state index contributed by atoms with van der Waals surface area (Å²) in [7, 11) is 3.19. The first-order valence-corrected chi connectivity index (χ1v) is 10.2. The van der Waals surface area contributed by atoms with Crippen LogP contribution >= 0.6 is 0 Å². The van der Waals surface area contributed by atoms with E-state index in [0.717, 1.165) is 44.2 Å². The zero-order valence-electron chi connectivity index (χ0n) is 17.5. The summed E-state index contributed by atoms with van der Waals surface area (Å²) in [5.41, 5.74) is 0.962. The van der Waals surface area contributed by atoms with Gasteiger partial charge in [-0.2, -0.15) is 0 Å². The second kappa shape index (κ2) is 10.9. The van der Waals surface area contributed by atoms with Crippen LogP contribution in [0.1, 0.15) is 51.5 Å². The maximum atomic E-state index is 12.5. The first-order valence-electron chi connectivity index (χ1n) is 10.2. The third kappa shape index (κ3) is 6.43. The van der Waals surface area contributed by atoms with E-state index in [1.165, 1.54) is 0 Å². The molecule has 1 aliphatic carbocycles. The minimum absolute atomic E-state index is 0.0140. The first-order chi connectivity index (χ1) is 13.4. The van der Waals surface area contributed by atoms with Gasteiger partial charge in [0.15, 0.2) is 11.5 Å². The van der Waals surface area contributed by atoms with Crippen molar-refractivity contribution in [1.29, 1.82) is 0 Å². The SMILES string of the molecule is COc1ccc(CNC(=O)C2CCC(C(=O)NCCC(C)C)CC2)cc1OC. The standard InChI is InChI=1S/C22H34N2O4/c1-15(2)11-12-23-21(25)17-6-8-18(9-7-17)22(26)24-14-16-5-10-19(27-3)20(13-16)28-4/h5,10,13,15,17-18H,6-9,11-12,14H2,1-4H3,(H,23,25)(H,24,26). The number of carbonyl (C=O) groups excluding carboxylic acids is 2. The molecule has 0 aromatic heterocycles. The van der Waals surface area contributed by atoms with E-state index in [9.17, 15) is 9.59 Å². The number of rotatable bonds is 9. The van der Waals surface area contributed by atoms with Crippen LogP contribution in [-0.4, -0.2) is 32.6 Å². The van der Waals surface area contributed by atoms with Gasteiger partial charge in [0.1, 0.15) is 0 Å². The Hall–Kier alpha value is -2.24. The van der Waals surface area contributed by atoms with Crippen molar-refractivity contribution in [2.75, 3.05) is 20.8 Å². The highest BCUT2D eigenvalue weighted by atomic mass is 16.5. The molecule has 1 fully saturated rings. The molecule has 6 nitrogen and oxygen atoms in total. The van der Waals surface area contributed by atoms with Crippen molar-refractivity contribution in [3.63, 3.8) is 0 Å². The van der Waals surface area contributed by atoms with Crippen LogP contribution in [0.4, 0.5) is 0 Å². The fourth-order valence-corrected chi connectivity index (χ4v) is 3.57. The number of ether oxygens (including phenoxy) is 2. The topological polar surface area (TPSA) is 76.7 Å². The van der Waals surface area contributed by atoms with Crippen molar-refractivity contribution in [3.8, 4) is 11.5 Å². The van der Waals surface area contributed by atoms with Crippen molar-refractivity contribution in [3.05, 3.63) is 23.8 Å². The molecule has 1 aromatic carbocycles. The first kappa shape index (κ1) is 22.1. The average Bonchev–Trinajstić information content (AvgIpc) is 2.71. The van der Waals surface area contributed by atoms with Crippen LogP contribution in [0.2, 0.25) is 0 Å². The minimum Gasteiger partial charge on any atom is -0.493 e. The molecule has 0 bridgehead atoms. The number of nitrogens with one attached hydrogen (secondary N) is 2. The molecule has 2 rings (SSSR count). The predicted molar refractivity (Wildman–Crippen MR) is 109 cm³/mol. The third-order valence-electron chi connectivity index (χ3n) is 5.40. The highest BCUT2D eigenvalue weighted by Gasteiger charge is 2.29. The van der Waals surface area contributed by atoms with Gasteiger partial charge < -0.3 is 20.1 Å². The lowest BCUT2D eigenvalue weighted by molar-refractivity contribution is -0.130. The van der Waals surface area contributed by atoms with Gasteiger partial charge in [0, 0.05) is 24.9 Å². The van der Waals surface area contributed by atoms with Gasteiger partial charge in [-0.15, -0.1) is 0 Å². The summed E-state index contributed by atoms with van der Waals surface area (Å²) in [4.78, 5) is 24.8. The van der Waals surface area contributed by atoms with Crippen molar-refractivity contribution >= 4 is 11.8 Å². The lowest BCUT2D eigenvalue weighted by Crippen LogP contribution is -2.37. The molecule has 0 atom stereocenters. The van der Waals surface area contributed by atoms with Gasteiger partial charge in [-0.25, -0.2) is 0 Å². The predicted octanol–water partition coefficient (Wildman–Crippen LogP) is 3.29. The van der Waals surface area contributed by atoms with E-state index in [-0.39, 0.29) is 23.7 Å². The fraction of sp³-hybridized carbons (Fsp3) is 0.636. The second-order valence-electron chi connectivity index (χ2n) is 7.93. The Morgan fingerprint density at radius 2 is 1.54 bits per heavy atom. The van der Waals surface area contributed by atoms with Crippen molar-refractivity contribution in [2.24, 2.45) is 17.8 Å². The summed E-state index contributed by atoms with van der Waals surface area (Å²) >= 11 is 0. The molecule has 0 saturated heterocycles. The quantitative estimate of drug-likeness (QED) is 0.678. The van der Waals surface area contributed by atoms with Gasteiger partial charge in [-0.3, -0.25) is 9.59 Å². The van der Waals surface area contributed by atoms with Gasteiger partial charge in [-0.1, -0.05) is 19.9 Å².